The molecule has 2 aromatic carbocycles. The first-order chi connectivity index (χ1) is 7.29. The lowest BCUT2D eigenvalue weighted by atomic mass is 10.1. The molecule has 0 radical (unpaired) electrons. The molecule has 0 aliphatic heterocycles. The molecule has 15 heavy (non-hydrogen) atoms. The van der Waals surface area contributed by atoms with Gasteiger partial charge in [0.1, 0.15) is 5.75 Å². The van der Waals surface area contributed by atoms with Crippen molar-refractivity contribution in [1.82, 2.24) is 0 Å². The molecule has 0 heterocycles. The Bertz CT molecular complexity index is 460. The molecule has 2 nitrogen and oxygen atoms in total. The van der Waals surface area contributed by atoms with Crippen molar-refractivity contribution in [2.24, 2.45) is 0 Å². The summed E-state index contributed by atoms with van der Waals surface area (Å²) in [5, 5.41) is 9.90. The maximum Gasteiger partial charge on any atom is 0.192 e. The van der Waals surface area contributed by atoms with Crippen LogP contribution in [0.15, 0.2) is 48.5 Å². The third kappa shape index (κ3) is 2.23. The summed E-state index contributed by atoms with van der Waals surface area (Å²) in [7, 11) is 0.0386. The van der Waals surface area contributed by atoms with Gasteiger partial charge in [-0.1, -0.05) is 24.3 Å². The Morgan fingerprint density at radius 2 is 1.27 bits per heavy atom. The summed E-state index contributed by atoms with van der Waals surface area (Å²) in [5.41, 5.74) is 2.07. The van der Waals surface area contributed by atoms with E-state index in [9.17, 15) is 4.57 Å². The fourth-order valence-electron chi connectivity index (χ4n) is 1.37. The van der Waals surface area contributed by atoms with E-state index in [0.29, 0.717) is 0 Å². The van der Waals surface area contributed by atoms with Crippen molar-refractivity contribution in [3.63, 3.8) is 0 Å². The Hall–Kier alpha value is -1.66. The Morgan fingerprint density at radius 3 is 1.73 bits per heavy atom. The molecule has 0 aromatic heterocycles. The Kier molecular flexibility index (Phi) is 2.79. The molecular formula is C12H9O2P. The third-order valence-corrected chi connectivity index (χ3v) is 2.68. The van der Waals surface area contributed by atoms with E-state index < -0.39 is 0 Å². The lowest BCUT2D eigenvalue weighted by molar-refractivity contribution is 0.475. The van der Waals surface area contributed by atoms with Crippen molar-refractivity contribution >= 4 is 13.8 Å². The molecule has 0 fully saturated rings. The van der Waals surface area contributed by atoms with Gasteiger partial charge in [-0.25, -0.2) is 0 Å². The standard InChI is InChI=1S/C12H9O2P/c13-11-5-1-9(2-6-11)10-3-7-12(15-14)8-4-10/h1-8,13H. The second kappa shape index (κ2) is 4.24. The average molecular weight is 216 g/mol. The number of phenolic OH excluding ortho intramolecular Hbond substituents is 1. The van der Waals surface area contributed by atoms with Crippen LogP contribution in [-0.4, -0.2) is 5.11 Å². The minimum atomic E-state index is 0.0386. The quantitative estimate of drug-likeness (QED) is 0.783. The van der Waals surface area contributed by atoms with Gasteiger partial charge in [-0.05, 0) is 35.4 Å². The van der Waals surface area contributed by atoms with Gasteiger partial charge in [0.25, 0.3) is 0 Å². The lowest BCUT2D eigenvalue weighted by Gasteiger charge is -2.01. The molecule has 2 aromatic rings. The summed E-state index contributed by atoms with van der Waals surface area (Å²) < 4.78 is 10.6. The number of hydrogen-bond donors (Lipinski definition) is 1. The molecule has 1 N–H and O–H groups in total. The highest BCUT2D eigenvalue weighted by Crippen LogP contribution is 2.21. The fraction of sp³-hybridized carbons (Fsp3) is 0. The zero-order chi connectivity index (χ0) is 10.7. The van der Waals surface area contributed by atoms with Crippen LogP contribution in [0.25, 0.3) is 11.1 Å². The smallest absolute Gasteiger partial charge is 0.192 e. The number of hydrogen-bond acceptors (Lipinski definition) is 2. The van der Waals surface area contributed by atoms with Crippen LogP contribution in [0.1, 0.15) is 0 Å². The molecule has 0 bridgehead atoms. The first-order valence-electron chi connectivity index (χ1n) is 4.52. The predicted molar refractivity (Wildman–Crippen MR) is 60.8 cm³/mol. The second-order valence-corrected chi connectivity index (χ2v) is 3.88. The van der Waals surface area contributed by atoms with Crippen LogP contribution < -0.4 is 5.30 Å². The van der Waals surface area contributed by atoms with Crippen molar-refractivity contribution in [3.05, 3.63) is 48.5 Å². The maximum absolute atomic E-state index is 10.6. The van der Waals surface area contributed by atoms with Gasteiger partial charge in [0.05, 0.1) is 0 Å². The largest absolute Gasteiger partial charge is 0.508 e. The van der Waals surface area contributed by atoms with E-state index in [1.807, 2.05) is 36.4 Å². The van der Waals surface area contributed by atoms with E-state index in [-0.39, 0.29) is 14.2 Å². The van der Waals surface area contributed by atoms with Gasteiger partial charge < -0.3 is 5.11 Å². The van der Waals surface area contributed by atoms with E-state index in [4.69, 9.17) is 5.11 Å². The Morgan fingerprint density at radius 1 is 0.800 bits per heavy atom. The Balaban J connectivity index is 2.37. The fourth-order valence-corrected chi connectivity index (χ4v) is 1.64. The first kappa shape index (κ1) is 9.88. The van der Waals surface area contributed by atoms with E-state index in [1.165, 1.54) is 0 Å². The van der Waals surface area contributed by atoms with Crippen molar-refractivity contribution in [3.8, 4) is 16.9 Å². The van der Waals surface area contributed by atoms with E-state index in [1.54, 1.807) is 12.1 Å². The van der Waals surface area contributed by atoms with E-state index >= 15 is 0 Å². The van der Waals surface area contributed by atoms with Gasteiger partial charge >= 0.3 is 0 Å². The topological polar surface area (TPSA) is 37.3 Å². The number of benzene rings is 2. The van der Waals surface area contributed by atoms with Crippen molar-refractivity contribution in [1.29, 1.82) is 0 Å². The third-order valence-electron chi connectivity index (χ3n) is 2.17. The Labute approximate surface area is 89.4 Å². The molecule has 0 aliphatic rings. The average Bonchev–Trinajstić information content (AvgIpc) is 2.30. The van der Waals surface area contributed by atoms with Gasteiger partial charge in [-0.2, -0.15) is 0 Å². The molecule has 0 aliphatic carbocycles. The van der Waals surface area contributed by atoms with Crippen molar-refractivity contribution in [2.45, 2.75) is 0 Å². The summed E-state index contributed by atoms with van der Waals surface area (Å²) in [5.74, 6) is 0.258. The molecule has 0 unspecified atom stereocenters. The van der Waals surface area contributed by atoms with Crippen LogP contribution in [-0.2, 0) is 4.57 Å². The highest BCUT2D eigenvalue weighted by atomic mass is 31.1. The van der Waals surface area contributed by atoms with Crippen LogP contribution in [0, 0.1) is 0 Å². The van der Waals surface area contributed by atoms with Gasteiger partial charge in [0.2, 0.25) is 0 Å². The zero-order valence-corrected chi connectivity index (χ0v) is 8.82. The minimum Gasteiger partial charge on any atom is -0.508 e. The molecule has 0 atom stereocenters. The molecule has 0 spiro atoms. The van der Waals surface area contributed by atoms with Crippen molar-refractivity contribution < 1.29 is 9.67 Å². The molecule has 2 rings (SSSR count). The SMILES string of the molecule is O=Pc1ccc(-c2ccc(O)cc2)cc1. The normalized spacial score (nSPS) is 10.4. The van der Waals surface area contributed by atoms with Crippen LogP contribution in [0.2, 0.25) is 0 Å². The summed E-state index contributed by atoms with van der Waals surface area (Å²) in [4.78, 5) is 0. The van der Waals surface area contributed by atoms with Crippen LogP contribution in [0.5, 0.6) is 5.75 Å². The maximum atomic E-state index is 10.6. The van der Waals surface area contributed by atoms with E-state index in [2.05, 4.69) is 0 Å². The number of rotatable bonds is 2. The van der Waals surface area contributed by atoms with Gasteiger partial charge in [-0.15, -0.1) is 0 Å². The molecule has 74 valence electrons. The summed E-state index contributed by atoms with van der Waals surface area (Å²) in [6.45, 7) is 0. The summed E-state index contributed by atoms with van der Waals surface area (Å²) in [6, 6.07) is 14.4. The second-order valence-electron chi connectivity index (χ2n) is 3.19. The molecule has 0 saturated heterocycles. The van der Waals surface area contributed by atoms with Crippen molar-refractivity contribution in [2.75, 3.05) is 0 Å². The van der Waals surface area contributed by atoms with Gasteiger partial charge in [0.15, 0.2) is 8.46 Å². The number of phenols is 1. The van der Waals surface area contributed by atoms with E-state index in [0.717, 1.165) is 16.4 Å². The number of aromatic hydroxyl groups is 1. The summed E-state index contributed by atoms with van der Waals surface area (Å²) in [6.07, 6.45) is 0. The lowest BCUT2D eigenvalue weighted by Crippen LogP contribution is -1.88. The summed E-state index contributed by atoms with van der Waals surface area (Å²) >= 11 is 0. The van der Waals surface area contributed by atoms with Crippen LogP contribution in [0.3, 0.4) is 0 Å². The van der Waals surface area contributed by atoms with Gasteiger partial charge in [0, 0.05) is 5.30 Å². The predicted octanol–water partition coefficient (Wildman–Crippen LogP) is 2.98. The molecular weight excluding hydrogens is 207 g/mol. The molecule has 0 amide bonds. The van der Waals surface area contributed by atoms with Crippen LogP contribution in [0.4, 0.5) is 0 Å². The monoisotopic (exact) mass is 216 g/mol. The van der Waals surface area contributed by atoms with Crippen LogP contribution >= 0.6 is 8.46 Å². The molecule has 0 saturated carbocycles. The first-order valence-corrected chi connectivity index (χ1v) is 5.33. The van der Waals surface area contributed by atoms with Gasteiger partial charge in [-0.3, -0.25) is 4.57 Å². The zero-order valence-electron chi connectivity index (χ0n) is 7.92. The minimum absolute atomic E-state index is 0.0386. The molecule has 3 heteroatoms. The highest BCUT2D eigenvalue weighted by Gasteiger charge is 1.97. The highest BCUT2D eigenvalue weighted by molar-refractivity contribution is 7.34.